The first-order chi connectivity index (χ1) is 7.54. The van der Waals surface area contributed by atoms with Crippen LogP contribution in [0.15, 0.2) is 18.2 Å². The highest BCUT2D eigenvalue weighted by Crippen LogP contribution is 2.38. The van der Waals surface area contributed by atoms with Gasteiger partial charge in [0.15, 0.2) is 0 Å². The third kappa shape index (κ3) is 1.99. The largest absolute Gasteiger partial charge is 0.314 e. The lowest BCUT2D eigenvalue weighted by Crippen LogP contribution is -2.43. The third-order valence-electron chi connectivity index (χ3n) is 3.94. The molecule has 2 heteroatoms. The molecule has 0 spiro atoms. The summed E-state index contributed by atoms with van der Waals surface area (Å²) in [5.74, 6) is 0.300. The second-order valence-corrected chi connectivity index (χ2v) is 5.26. The van der Waals surface area contributed by atoms with Gasteiger partial charge in [0.1, 0.15) is 5.82 Å². The summed E-state index contributed by atoms with van der Waals surface area (Å²) in [4.78, 5) is 0. The van der Waals surface area contributed by atoms with Crippen LogP contribution in [0.5, 0.6) is 0 Å². The van der Waals surface area contributed by atoms with Gasteiger partial charge >= 0.3 is 0 Å². The monoisotopic (exact) mass is 221 g/mol. The fourth-order valence-corrected chi connectivity index (χ4v) is 2.69. The van der Waals surface area contributed by atoms with Crippen molar-refractivity contribution in [3.63, 3.8) is 0 Å². The van der Waals surface area contributed by atoms with Gasteiger partial charge in [-0.25, -0.2) is 4.39 Å². The van der Waals surface area contributed by atoms with E-state index in [-0.39, 0.29) is 11.4 Å². The van der Waals surface area contributed by atoms with Crippen LogP contribution in [0.3, 0.4) is 0 Å². The molecule has 0 aromatic heterocycles. The van der Waals surface area contributed by atoms with E-state index >= 15 is 0 Å². The van der Waals surface area contributed by atoms with Crippen molar-refractivity contribution in [1.29, 1.82) is 0 Å². The first-order valence-electron chi connectivity index (χ1n) is 6.02. The minimum atomic E-state index is -0.113. The summed E-state index contributed by atoms with van der Waals surface area (Å²) in [6, 6.07) is 5.24. The minimum absolute atomic E-state index is 0.0307. The average molecular weight is 221 g/mol. The molecule has 0 aliphatic heterocycles. The second kappa shape index (κ2) is 4.17. The van der Waals surface area contributed by atoms with Crippen molar-refractivity contribution in [3.05, 3.63) is 35.1 Å². The number of likely N-dealkylation sites (N-methyl/N-ethyl adjacent to an activating group) is 1. The van der Waals surface area contributed by atoms with Crippen LogP contribution in [0.25, 0.3) is 0 Å². The summed E-state index contributed by atoms with van der Waals surface area (Å²) >= 11 is 0. The third-order valence-corrected chi connectivity index (χ3v) is 3.94. The van der Waals surface area contributed by atoms with Crippen LogP contribution in [-0.4, -0.2) is 12.6 Å². The summed E-state index contributed by atoms with van der Waals surface area (Å²) in [7, 11) is 1.98. The van der Waals surface area contributed by atoms with E-state index in [1.54, 1.807) is 12.1 Å². The maximum Gasteiger partial charge on any atom is 0.123 e. The van der Waals surface area contributed by atoms with Crippen molar-refractivity contribution in [3.8, 4) is 0 Å². The molecule has 0 fully saturated rings. The van der Waals surface area contributed by atoms with Gasteiger partial charge in [-0.15, -0.1) is 0 Å². The number of rotatable bonds is 2. The summed E-state index contributed by atoms with van der Waals surface area (Å²) in [5, 5.41) is 3.35. The van der Waals surface area contributed by atoms with Crippen LogP contribution < -0.4 is 5.32 Å². The Kier molecular flexibility index (Phi) is 3.02. The fraction of sp³-hybridized carbons (Fsp3) is 0.571. The van der Waals surface area contributed by atoms with E-state index in [4.69, 9.17) is 0 Å². The van der Waals surface area contributed by atoms with Gasteiger partial charge in [-0.05, 0) is 63.4 Å². The standard InChI is InChI=1S/C14H20FN/c1-14(2,16-3)13-6-4-5-10-7-8-11(15)9-12(10)13/h7-9,13,16H,4-6H2,1-3H3. The highest BCUT2D eigenvalue weighted by atomic mass is 19.1. The van der Waals surface area contributed by atoms with Crippen molar-refractivity contribution < 1.29 is 4.39 Å². The predicted octanol–water partition coefficient (Wildman–Crippen LogP) is 3.24. The molecule has 88 valence electrons. The summed E-state index contributed by atoms with van der Waals surface area (Å²) in [6.45, 7) is 4.38. The lowest BCUT2D eigenvalue weighted by molar-refractivity contribution is 0.312. The van der Waals surface area contributed by atoms with Crippen molar-refractivity contribution >= 4 is 0 Å². The lowest BCUT2D eigenvalue weighted by Gasteiger charge is -2.38. The molecular weight excluding hydrogens is 201 g/mol. The predicted molar refractivity (Wildman–Crippen MR) is 65.2 cm³/mol. The molecule has 0 saturated heterocycles. The van der Waals surface area contributed by atoms with Crippen molar-refractivity contribution in [2.45, 2.75) is 44.6 Å². The summed E-state index contributed by atoms with van der Waals surface area (Å²) in [5.41, 5.74) is 2.55. The number of hydrogen-bond acceptors (Lipinski definition) is 1. The Hall–Kier alpha value is -0.890. The van der Waals surface area contributed by atoms with Gasteiger partial charge in [0.25, 0.3) is 0 Å². The SMILES string of the molecule is CNC(C)(C)C1CCCc2ccc(F)cc21. The molecule has 0 saturated carbocycles. The normalized spacial score (nSPS) is 20.6. The van der Waals surface area contributed by atoms with Gasteiger partial charge in [-0.2, -0.15) is 0 Å². The Morgan fingerprint density at radius 1 is 1.38 bits per heavy atom. The Morgan fingerprint density at radius 3 is 2.81 bits per heavy atom. The summed E-state index contributed by atoms with van der Waals surface area (Å²) in [6.07, 6.45) is 3.44. The molecule has 16 heavy (non-hydrogen) atoms. The van der Waals surface area contributed by atoms with E-state index in [1.807, 2.05) is 13.1 Å². The van der Waals surface area contributed by atoms with E-state index < -0.39 is 0 Å². The number of aryl methyl sites for hydroxylation is 1. The Morgan fingerprint density at radius 2 is 2.12 bits per heavy atom. The first kappa shape index (κ1) is 11.6. The molecule has 1 nitrogen and oxygen atoms in total. The van der Waals surface area contributed by atoms with E-state index in [0.29, 0.717) is 5.92 Å². The van der Waals surface area contributed by atoms with E-state index in [1.165, 1.54) is 17.5 Å². The molecule has 1 atom stereocenters. The molecule has 1 aliphatic carbocycles. The highest BCUT2D eigenvalue weighted by molar-refractivity contribution is 5.35. The average Bonchev–Trinajstić information content (AvgIpc) is 2.28. The smallest absolute Gasteiger partial charge is 0.123 e. The fourth-order valence-electron chi connectivity index (χ4n) is 2.69. The molecule has 1 aromatic carbocycles. The molecule has 2 rings (SSSR count). The van der Waals surface area contributed by atoms with Crippen molar-refractivity contribution in [1.82, 2.24) is 5.32 Å². The number of nitrogens with one attached hydrogen (secondary N) is 1. The maximum absolute atomic E-state index is 13.3. The quantitative estimate of drug-likeness (QED) is 0.808. The number of fused-ring (bicyclic) bond motifs is 1. The van der Waals surface area contributed by atoms with Crippen LogP contribution in [-0.2, 0) is 6.42 Å². The van der Waals surface area contributed by atoms with Crippen LogP contribution in [0, 0.1) is 5.82 Å². The Balaban J connectivity index is 2.43. The van der Waals surface area contributed by atoms with E-state index in [9.17, 15) is 4.39 Å². The second-order valence-electron chi connectivity index (χ2n) is 5.26. The lowest BCUT2D eigenvalue weighted by atomic mass is 9.73. The zero-order valence-corrected chi connectivity index (χ0v) is 10.3. The van der Waals surface area contributed by atoms with Gasteiger partial charge in [-0.3, -0.25) is 0 Å². The van der Waals surface area contributed by atoms with Crippen molar-refractivity contribution in [2.24, 2.45) is 0 Å². The van der Waals surface area contributed by atoms with Crippen LogP contribution in [0.2, 0.25) is 0 Å². The zero-order valence-electron chi connectivity index (χ0n) is 10.3. The topological polar surface area (TPSA) is 12.0 Å². The molecule has 0 bridgehead atoms. The zero-order chi connectivity index (χ0) is 11.8. The van der Waals surface area contributed by atoms with Gasteiger partial charge in [0, 0.05) is 11.5 Å². The van der Waals surface area contributed by atoms with Crippen LogP contribution >= 0.6 is 0 Å². The Labute approximate surface area is 97.1 Å². The molecule has 1 N–H and O–H groups in total. The van der Waals surface area contributed by atoms with Crippen LogP contribution in [0.1, 0.15) is 43.7 Å². The van der Waals surface area contributed by atoms with Gasteiger partial charge in [-0.1, -0.05) is 6.07 Å². The number of hydrogen-bond donors (Lipinski definition) is 1. The number of halogens is 1. The van der Waals surface area contributed by atoms with Gasteiger partial charge in [0.2, 0.25) is 0 Å². The molecule has 0 amide bonds. The van der Waals surface area contributed by atoms with Gasteiger partial charge < -0.3 is 5.32 Å². The molecule has 0 heterocycles. The molecular formula is C14H20FN. The van der Waals surface area contributed by atoms with Gasteiger partial charge in [0.05, 0.1) is 0 Å². The van der Waals surface area contributed by atoms with Crippen molar-refractivity contribution in [2.75, 3.05) is 7.05 Å². The van der Waals surface area contributed by atoms with E-state index in [2.05, 4.69) is 19.2 Å². The van der Waals surface area contributed by atoms with Crippen LogP contribution in [0.4, 0.5) is 4.39 Å². The molecule has 0 radical (unpaired) electrons. The number of benzene rings is 1. The first-order valence-corrected chi connectivity index (χ1v) is 6.02. The minimum Gasteiger partial charge on any atom is -0.314 e. The summed E-state index contributed by atoms with van der Waals surface area (Å²) < 4.78 is 13.3. The molecule has 1 unspecified atom stereocenters. The molecule has 1 aliphatic rings. The Bertz CT molecular complexity index is 384. The van der Waals surface area contributed by atoms with E-state index in [0.717, 1.165) is 12.8 Å². The highest BCUT2D eigenvalue weighted by Gasteiger charge is 2.32. The maximum atomic E-state index is 13.3. The molecule has 1 aromatic rings.